The molecule has 0 aromatic heterocycles. The van der Waals surface area contributed by atoms with E-state index in [4.69, 9.17) is 5.11 Å². The van der Waals surface area contributed by atoms with Crippen LogP contribution in [0.2, 0.25) is 0 Å². The highest BCUT2D eigenvalue weighted by Crippen LogP contribution is 2.10. The summed E-state index contributed by atoms with van der Waals surface area (Å²) in [5.74, 6) is -1.63. The fourth-order valence-electron chi connectivity index (χ4n) is 2.53. The molecule has 0 saturated heterocycles. The van der Waals surface area contributed by atoms with Crippen molar-refractivity contribution >= 4 is 17.9 Å². The Hall–Kier alpha value is -1.79. The van der Waals surface area contributed by atoms with Crippen molar-refractivity contribution in [2.75, 3.05) is 6.54 Å². The first-order valence-corrected chi connectivity index (χ1v) is 9.96. The fraction of sp³-hybridized carbons (Fsp3) is 0.842. The summed E-state index contributed by atoms with van der Waals surface area (Å²) < 4.78 is 0. The highest BCUT2D eigenvalue weighted by molar-refractivity contribution is 5.89. The highest BCUT2D eigenvalue weighted by atomic mass is 16.4. The second kappa shape index (κ2) is 15.5. The number of aliphatic carboxylic acids is 1. The molecule has 152 valence electrons. The first-order valence-electron chi connectivity index (χ1n) is 9.96. The molecule has 0 spiro atoms. The lowest BCUT2D eigenvalue weighted by molar-refractivity contribution is -0.141. The Morgan fingerprint density at radius 1 is 0.769 bits per heavy atom. The van der Waals surface area contributed by atoms with Crippen LogP contribution < -0.4 is 16.0 Å². The lowest BCUT2D eigenvalue weighted by Gasteiger charge is -2.16. The molecule has 0 aromatic carbocycles. The molecule has 26 heavy (non-hydrogen) atoms. The molecule has 7 nitrogen and oxygen atoms in total. The number of amides is 3. The monoisotopic (exact) mass is 371 g/mol. The van der Waals surface area contributed by atoms with Crippen molar-refractivity contribution in [3.05, 3.63) is 0 Å². The molecule has 0 aromatic rings. The molecule has 7 heteroatoms. The van der Waals surface area contributed by atoms with Gasteiger partial charge in [-0.25, -0.2) is 4.79 Å². The van der Waals surface area contributed by atoms with Gasteiger partial charge in [-0.3, -0.25) is 9.59 Å². The van der Waals surface area contributed by atoms with Crippen molar-refractivity contribution in [3.8, 4) is 0 Å². The Morgan fingerprint density at radius 2 is 1.27 bits per heavy atom. The topological polar surface area (TPSA) is 108 Å². The van der Waals surface area contributed by atoms with Crippen LogP contribution >= 0.6 is 0 Å². The number of carbonyl (C=O) groups excluding carboxylic acids is 2. The molecule has 0 heterocycles. The highest BCUT2D eigenvalue weighted by Gasteiger charge is 2.20. The number of carboxylic acid groups (broad SMARTS) is 1. The summed E-state index contributed by atoms with van der Waals surface area (Å²) in [6.07, 6.45) is 12.4. The van der Waals surface area contributed by atoms with E-state index in [-0.39, 0.29) is 0 Å². The summed E-state index contributed by atoms with van der Waals surface area (Å²) in [6, 6.07) is -2.18. The van der Waals surface area contributed by atoms with Gasteiger partial charge in [0.1, 0.15) is 12.1 Å². The van der Waals surface area contributed by atoms with Crippen molar-refractivity contribution in [3.63, 3.8) is 0 Å². The number of carboxylic acids is 1. The van der Waals surface area contributed by atoms with Gasteiger partial charge in [0, 0.05) is 6.54 Å². The molecule has 4 N–H and O–H groups in total. The molecule has 0 radical (unpaired) electrons. The Bertz CT molecular complexity index is 416. The fourth-order valence-corrected chi connectivity index (χ4v) is 2.53. The van der Waals surface area contributed by atoms with E-state index in [1.165, 1.54) is 65.2 Å². The van der Waals surface area contributed by atoms with Crippen molar-refractivity contribution < 1.29 is 19.5 Å². The van der Waals surface area contributed by atoms with E-state index in [0.717, 1.165) is 12.8 Å². The molecule has 0 saturated carbocycles. The minimum Gasteiger partial charge on any atom is -0.480 e. The summed E-state index contributed by atoms with van der Waals surface area (Å²) in [5.41, 5.74) is 0. The van der Waals surface area contributed by atoms with E-state index < -0.39 is 30.0 Å². The largest absolute Gasteiger partial charge is 0.480 e. The van der Waals surface area contributed by atoms with Crippen LogP contribution in [0.25, 0.3) is 0 Å². The summed E-state index contributed by atoms with van der Waals surface area (Å²) in [5, 5.41) is 16.3. The summed E-state index contributed by atoms with van der Waals surface area (Å²) in [6.45, 7) is 5.69. The third kappa shape index (κ3) is 13.5. The van der Waals surface area contributed by atoms with Gasteiger partial charge in [0.2, 0.25) is 5.91 Å². The van der Waals surface area contributed by atoms with Crippen LogP contribution in [-0.2, 0) is 9.59 Å². The van der Waals surface area contributed by atoms with Gasteiger partial charge < -0.3 is 21.1 Å². The maximum absolute atomic E-state index is 11.7. The van der Waals surface area contributed by atoms with E-state index in [2.05, 4.69) is 22.9 Å². The van der Waals surface area contributed by atoms with Crippen molar-refractivity contribution in [2.24, 2.45) is 0 Å². The number of hydrogen-bond donors (Lipinski definition) is 4. The molecular formula is C19H37N3O4. The third-order valence-corrected chi connectivity index (χ3v) is 4.29. The molecule has 0 bridgehead atoms. The number of carbonyl (C=O) groups is 3. The predicted molar refractivity (Wildman–Crippen MR) is 103 cm³/mol. The quantitative estimate of drug-likeness (QED) is 0.332. The third-order valence-electron chi connectivity index (χ3n) is 4.29. The van der Waals surface area contributed by atoms with E-state index in [1.54, 1.807) is 0 Å². The lowest BCUT2D eigenvalue weighted by atomic mass is 10.1. The van der Waals surface area contributed by atoms with E-state index in [1.807, 2.05) is 0 Å². The zero-order chi connectivity index (χ0) is 19.8. The van der Waals surface area contributed by atoms with Crippen LogP contribution in [-0.4, -0.2) is 41.6 Å². The first kappa shape index (κ1) is 24.2. The van der Waals surface area contributed by atoms with Gasteiger partial charge in [0.15, 0.2) is 0 Å². The van der Waals surface area contributed by atoms with Gasteiger partial charge in [-0.05, 0) is 20.3 Å². The molecular weight excluding hydrogens is 334 g/mol. The Labute approximate surface area is 157 Å². The second-order valence-corrected chi connectivity index (χ2v) is 6.87. The van der Waals surface area contributed by atoms with Crippen LogP contribution in [0.4, 0.5) is 4.79 Å². The maximum Gasteiger partial charge on any atom is 0.325 e. The van der Waals surface area contributed by atoms with Crippen LogP contribution in [0.3, 0.4) is 0 Å². The van der Waals surface area contributed by atoms with Crippen LogP contribution in [0.15, 0.2) is 0 Å². The number of rotatable bonds is 15. The SMILES string of the molecule is CCCCCCCCCCCCNC(=O)N[C@@H](C)C(=O)N[C@@H](C)C(=O)O. The second-order valence-electron chi connectivity index (χ2n) is 6.87. The standard InChI is InChI=1S/C19H37N3O4/c1-4-5-6-7-8-9-10-11-12-13-14-20-19(26)22-15(2)17(23)21-16(3)18(24)25/h15-16H,4-14H2,1-3H3,(H,21,23)(H,24,25)(H2,20,22,26)/t15-,16-/m0/s1. The summed E-state index contributed by atoms with van der Waals surface area (Å²) in [4.78, 5) is 34.1. The summed E-state index contributed by atoms with van der Waals surface area (Å²) >= 11 is 0. The lowest BCUT2D eigenvalue weighted by Crippen LogP contribution is -2.51. The van der Waals surface area contributed by atoms with Crippen LogP contribution in [0.1, 0.15) is 85.0 Å². The maximum atomic E-state index is 11.7. The average molecular weight is 372 g/mol. The summed E-state index contributed by atoms with van der Waals surface area (Å²) in [7, 11) is 0. The van der Waals surface area contributed by atoms with Crippen molar-refractivity contribution in [1.82, 2.24) is 16.0 Å². The van der Waals surface area contributed by atoms with Gasteiger partial charge in [0.05, 0.1) is 0 Å². The Balaban J connectivity index is 3.59. The van der Waals surface area contributed by atoms with Gasteiger partial charge in [-0.15, -0.1) is 0 Å². The number of hydrogen-bond acceptors (Lipinski definition) is 3. The molecule has 0 aliphatic carbocycles. The average Bonchev–Trinajstić information content (AvgIpc) is 2.59. The molecule has 0 aliphatic rings. The zero-order valence-corrected chi connectivity index (χ0v) is 16.6. The smallest absolute Gasteiger partial charge is 0.325 e. The van der Waals surface area contributed by atoms with Gasteiger partial charge in [-0.2, -0.15) is 0 Å². The van der Waals surface area contributed by atoms with Crippen LogP contribution in [0.5, 0.6) is 0 Å². The molecule has 2 atom stereocenters. The Morgan fingerprint density at radius 3 is 1.77 bits per heavy atom. The number of urea groups is 1. The van der Waals surface area contributed by atoms with E-state index in [0.29, 0.717) is 6.54 Å². The molecule has 0 unspecified atom stereocenters. The van der Waals surface area contributed by atoms with E-state index in [9.17, 15) is 14.4 Å². The molecule has 0 aliphatic heterocycles. The molecule has 3 amide bonds. The Kier molecular flexibility index (Phi) is 14.4. The van der Waals surface area contributed by atoms with Crippen LogP contribution in [0, 0.1) is 0 Å². The molecule has 0 rings (SSSR count). The molecule has 0 fully saturated rings. The van der Waals surface area contributed by atoms with Crippen molar-refractivity contribution in [2.45, 2.75) is 97.1 Å². The first-order chi connectivity index (χ1) is 12.4. The number of unbranched alkanes of at least 4 members (excludes halogenated alkanes) is 9. The number of nitrogens with one attached hydrogen (secondary N) is 3. The van der Waals surface area contributed by atoms with Gasteiger partial charge in [0.25, 0.3) is 0 Å². The van der Waals surface area contributed by atoms with E-state index >= 15 is 0 Å². The van der Waals surface area contributed by atoms with Gasteiger partial charge >= 0.3 is 12.0 Å². The minimum atomic E-state index is -1.11. The minimum absolute atomic E-state index is 0.411. The zero-order valence-electron chi connectivity index (χ0n) is 16.6. The normalized spacial score (nSPS) is 12.9. The van der Waals surface area contributed by atoms with Gasteiger partial charge in [-0.1, -0.05) is 64.7 Å². The van der Waals surface area contributed by atoms with Crippen molar-refractivity contribution in [1.29, 1.82) is 0 Å². The predicted octanol–water partition coefficient (Wildman–Crippen LogP) is 3.18.